The quantitative estimate of drug-likeness (QED) is 0.623. The van der Waals surface area contributed by atoms with E-state index in [4.69, 9.17) is 0 Å². The third-order valence-electron chi connectivity index (χ3n) is 3.64. The van der Waals surface area contributed by atoms with Gasteiger partial charge in [0.05, 0.1) is 0 Å². The SMILES string of the molecule is CCC(C#CC1CC(F)C(C)C(F)C1)CC. The van der Waals surface area contributed by atoms with E-state index in [1.807, 2.05) is 0 Å². The van der Waals surface area contributed by atoms with Gasteiger partial charge in [-0.05, 0) is 25.7 Å². The Bertz CT molecular complexity index is 248. The second-order valence-electron chi connectivity index (χ2n) is 4.86. The zero-order chi connectivity index (χ0) is 12.1. The van der Waals surface area contributed by atoms with Gasteiger partial charge in [0.15, 0.2) is 0 Å². The monoisotopic (exact) mass is 228 g/mol. The molecule has 0 spiro atoms. The number of alkyl halides is 2. The molecule has 1 rings (SSSR count). The smallest absolute Gasteiger partial charge is 0.107 e. The van der Waals surface area contributed by atoms with Gasteiger partial charge in [-0.15, -0.1) is 0 Å². The van der Waals surface area contributed by atoms with Gasteiger partial charge in [-0.25, -0.2) is 8.78 Å². The Balaban J connectivity index is 2.55. The van der Waals surface area contributed by atoms with Crippen LogP contribution in [-0.4, -0.2) is 12.3 Å². The molecule has 1 aliphatic carbocycles. The Hall–Kier alpha value is -0.580. The van der Waals surface area contributed by atoms with Crippen molar-refractivity contribution < 1.29 is 8.78 Å². The van der Waals surface area contributed by atoms with Gasteiger partial charge in [-0.3, -0.25) is 0 Å². The molecular weight excluding hydrogens is 206 g/mol. The van der Waals surface area contributed by atoms with Gasteiger partial charge in [0.1, 0.15) is 12.3 Å². The Morgan fingerprint density at radius 1 is 1.12 bits per heavy atom. The van der Waals surface area contributed by atoms with Crippen LogP contribution in [0.5, 0.6) is 0 Å². The van der Waals surface area contributed by atoms with Crippen LogP contribution in [0, 0.1) is 29.6 Å². The number of hydrogen-bond donors (Lipinski definition) is 0. The number of halogens is 2. The fourth-order valence-electron chi connectivity index (χ4n) is 2.14. The number of rotatable bonds is 2. The van der Waals surface area contributed by atoms with E-state index in [1.54, 1.807) is 6.92 Å². The molecule has 1 aliphatic rings. The van der Waals surface area contributed by atoms with Crippen LogP contribution in [0.2, 0.25) is 0 Å². The molecule has 0 aromatic rings. The molecule has 0 amide bonds. The minimum atomic E-state index is -1.02. The summed E-state index contributed by atoms with van der Waals surface area (Å²) in [6.07, 6.45) is 0.813. The summed E-state index contributed by atoms with van der Waals surface area (Å²) in [4.78, 5) is 0. The summed E-state index contributed by atoms with van der Waals surface area (Å²) < 4.78 is 26.9. The first-order valence-corrected chi connectivity index (χ1v) is 6.37. The molecule has 2 heteroatoms. The molecule has 0 bridgehead atoms. The molecule has 0 saturated heterocycles. The minimum Gasteiger partial charge on any atom is -0.247 e. The maximum absolute atomic E-state index is 13.5. The average molecular weight is 228 g/mol. The summed E-state index contributed by atoms with van der Waals surface area (Å²) in [5, 5.41) is 0. The van der Waals surface area contributed by atoms with Crippen molar-refractivity contribution in [3.05, 3.63) is 0 Å². The molecular formula is C14H22F2. The van der Waals surface area contributed by atoms with E-state index in [1.165, 1.54) is 0 Å². The third kappa shape index (κ3) is 3.47. The second-order valence-corrected chi connectivity index (χ2v) is 4.86. The van der Waals surface area contributed by atoms with E-state index in [9.17, 15) is 8.78 Å². The Morgan fingerprint density at radius 2 is 1.62 bits per heavy atom. The van der Waals surface area contributed by atoms with Gasteiger partial charge in [0.2, 0.25) is 0 Å². The highest BCUT2D eigenvalue weighted by Crippen LogP contribution is 2.33. The second kappa shape index (κ2) is 6.23. The fraction of sp³-hybridized carbons (Fsp3) is 0.857. The third-order valence-corrected chi connectivity index (χ3v) is 3.64. The van der Waals surface area contributed by atoms with Crippen LogP contribution >= 0.6 is 0 Å². The molecule has 0 N–H and O–H groups in total. The first-order valence-electron chi connectivity index (χ1n) is 6.37. The summed E-state index contributed by atoms with van der Waals surface area (Å²) >= 11 is 0. The first-order chi connectivity index (χ1) is 7.58. The van der Waals surface area contributed by atoms with Crippen molar-refractivity contribution in [1.82, 2.24) is 0 Å². The fourth-order valence-corrected chi connectivity index (χ4v) is 2.14. The van der Waals surface area contributed by atoms with E-state index < -0.39 is 18.3 Å². The van der Waals surface area contributed by atoms with Gasteiger partial charge in [0.25, 0.3) is 0 Å². The Kier molecular flexibility index (Phi) is 5.25. The molecule has 0 heterocycles. The summed E-state index contributed by atoms with van der Waals surface area (Å²) in [5.74, 6) is 6.09. The lowest BCUT2D eigenvalue weighted by molar-refractivity contribution is 0.0702. The molecule has 92 valence electrons. The summed E-state index contributed by atoms with van der Waals surface area (Å²) in [6, 6.07) is 0. The zero-order valence-corrected chi connectivity index (χ0v) is 10.5. The molecule has 0 aliphatic heterocycles. The highest BCUT2D eigenvalue weighted by Gasteiger charge is 2.34. The van der Waals surface area contributed by atoms with Crippen LogP contribution < -0.4 is 0 Å². The highest BCUT2D eigenvalue weighted by atomic mass is 19.1. The molecule has 1 saturated carbocycles. The molecule has 2 atom stereocenters. The lowest BCUT2D eigenvalue weighted by Gasteiger charge is -2.29. The van der Waals surface area contributed by atoms with Crippen LogP contribution in [0.1, 0.15) is 46.5 Å². The Labute approximate surface area is 97.8 Å². The van der Waals surface area contributed by atoms with Crippen LogP contribution in [0.15, 0.2) is 0 Å². The van der Waals surface area contributed by atoms with Crippen molar-refractivity contribution in [2.45, 2.75) is 58.8 Å². The lowest BCUT2D eigenvalue weighted by Crippen LogP contribution is -2.33. The predicted molar refractivity (Wildman–Crippen MR) is 63.5 cm³/mol. The molecule has 0 radical (unpaired) electrons. The highest BCUT2D eigenvalue weighted by molar-refractivity contribution is 5.09. The minimum absolute atomic E-state index is 0.0817. The molecule has 0 aromatic carbocycles. The first kappa shape index (κ1) is 13.5. The molecule has 0 aromatic heterocycles. The maximum Gasteiger partial charge on any atom is 0.107 e. The van der Waals surface area contributed by atoms with Crippen molar-refractivity contribution >= 4 is 0 Å². The molecule has 1 fully saturated rings. The summed E-state index contributed by atoms with van der Waals surface area (Å²) in [5.41, 5.74) is 0. The van der Waals surface area contributed by atoms with Crippen LogP contribution in [0.25, 0.3) is 0 Å². The lowest BCUT2D eigenvalue weighted by atomic mass is 9.80. The van der Waals surface area contributed by atoms with Crippen LogP contribution in [0.3, 0.4) is 0 Å². The van der Waals surface area contributed by atoms with Crippen LogP contribution in [0.4, 0.5) is 8.78 Å². The normalized spacial score (nSPS) is 34.6. The van der Waals surface area contributed by atoms with Gasteiger partial charge in [-0.1, -0.05) is 32.6 Å². The largest absolute Gasteiger partial charge is 0.247 e. The van der Waals surface area contributed by atoms with E-state index in [0.717, 1.165) is 12.8 Å². The molecule has 2 unspecified atom stereocenters. The van der Waals surface area contributed by atoms with E-state index >= 15 is 0 Å². The van der Waals surface area contributed by atoms with Crippen molar-refractivity contribution in [3.63, 3.8) is 0 Å². The van der Waals surface area contributed by atoms with Gasteiger partial charge >= 0.3 is 0 Å². The molecule has 16 heavy (non-hydrogen) atoms. The van der Waals surface area contributed by atoms with Crippen molar-refractivity contribution in [2.24, 2.45) is 17.8 Å². The predicted octanol–water partition coefficient (Wildman–Crippen LogP) is 4.15. The van der Waals surface area contributed by atoms with Crippen molar-refractivity contribution in [2.75, 3.05) is 0 Å². The molecule has 0 nitrogen and oxygen atoms in total. The topological polar surface area (TPSA) is 0 Å². The summed E-state index contributed by atoms with van der Waals surface area (Å²) in [6.45, 7) is 5.85. The van der Waals surface area contributed by atoms with Crippen molar-refractivity contribution in [1.29, 1.82) is 0 Å². The zero-order valence-electron chi connectivity index (χ0n) is 10.5. The summed E-state index contributed by atoms with van der Waals surface area (Å²) in [7, 11) is 0. The average Bonchev–Trinajstić information content (AvgIpc) is 2.27. The van der Waals surface area contributed by atoms with E-state index in [2.05, 4.69) is 25.7 Å². The standard InChI is InChI=1S/C14H22F2/c1-4-11(5-2)6-7-12-8-13(15)10(3)14(16)9-12/h10-14H,4-5,8-9H2,1-3H3. The van der Waals surface area contributed by atoms with Crippen LogP contribution in [-0.2, 0) is 0 Å². The Morgan fingerprint density at radius 3 is 2.06 bits per heavy atom. The van der Waals surface area contributed by atoms with Gasteiger partial charge in [-0.2, -0.15) is 0 Å². The van der Waals surface area contributed by atoms with Gasteiger partial charge < -0.3 is 0 Å². The van der Waals surface area contributed by atoms with Gasteiger partial charge in [0, 0.05) is 17.8 Å². The van der Waals surface area contributed by atoms with Crippen molar-refractivity contribution in [3.8, 4) is 11.8 Å². The number of hydrogen-bond acceptors (Lipinski definition) is 0. The maximum atomic E-state index is 13.5. The van der Waals surface area contributed by atoms with E-state index in [-0.39, 0.29) is 5.92 Å². The van der Waals surface area contributed by atoms with E-state index in [0.29, 0.717) is 18.8 Å².